The fraction of sp³-hybridized carbons (Fsp3) is 0.692. The molecule has 10 nitrogen and oxygen atoms in total. The molecular formula is C13H18N2O8. The van der Waals surface area contributed by atoms with Crippen molar-refractivity contribution in [2.24, 2.45) is 0 Å². The Balaban J connectivity index is 2.02. The van der Waals surface area contributed by atoms with Gasteiger partial charge in [0.1, 0.15) is 24.4 Å². The van der Waals surface area contributed by atoms with E-state index < -0.39 is 60.7 Å². The van der Waals surface area contributed by atoms with Crippen LogP contribution in [0, 0.1) is 6.92 Å². The quantitative estimate of drug-likeness (QED) is 0.382. The number of nitrogens with one attached hydrogen (secondary N) is 1. The molecule has 2 fully saturated rings. The molecule has 0 aromatic carbocycles. The highest BCUT2D eigenvalue weighted by Gasteiger charge is 2.70. The molecule has 2 aliphatic rings. The summed E-state index contributed by atoms with van der Waals surface area (Å²) in [5.74, 6) is 0. The maximum absolute atomic E-state index is 12.0. The van der Waals surface area contributed by atoms with Gasteiger partial charge in [0.15, 0.2) is 11.8 Å². The largest absolute Gasteiger partial charge is 0.394 e. The second-order valence-electron chi connectivity index (χ2n) is 5.79. The Kier molecular flexibility index (Phi) is 3.91. The molecule has 2 aliphatic heterocycles. The summed E-state index contributed by atoms with van der Waals surface area (Å²) < 4.78 is 12.0. The van der Waals surface area contributed by atoms with Crippen LogP contribution in [0.15, 0.2) is 15.8 Å². The Morgan fingerprint density at radius 2 is 2.09 bits per heavy atom. The fourth-order valence-corrected chi connectivity index (χ4v) is 3.15. The lowest BCUT2D eigenvalue weighted by Crippen LogP contribution is -2.71. The van der Waals surface area contributed by atoms with E-state index >= 15 is 0 Å². The van der Waals surface area contributed by atoms with Gasteiger partial charge in [-0.3, -0.25) is 14.3 Å². The van der Waals surface area contributed by atoms with E-state index in [1.165, 1.54) is 13.1 Å². The summed E-state index contributed by atoms with van der Waals surface area (Å²) in [7, 11) is 0. The zero-order valence-electron chi connectivity index (χ0n) is 12.2. The number of fused-ring (bicyclic) bond motifs is 1. The number of aromatic nitrogens is 2. The average molecular weight is 330 g/mol. The first-order valence-corrected chi connectivity index (χ1v) is 7.09. The monoisotopic (exact) mass is 330 g/mol. The third kappa shape index (κ3) is 2.18. The summed E-state index contributed by atoms with van der Waals surface area (Å²) >= 11 is 0. The highest BCUT2D eigenvalue weighted by molar-refractivity contribution is 5.17. The summed E-state index contributed by atoms with van der Waals surface area (Å²) in [6.07, 6.45) is -4.58. The number of aromatic amines is 1. The van der Waals surface area contributed by atoms with Gasteiger partial charge in [0.2, 0.25) is 0 Å². The van der Waals surface area contributed by atoms with Crippen LogP contribution in [-0.2, 0) is 9.47 Å². The Morgan fingerprint density at radius 1 is 1.39 bits per heavy atom. The third-order valence-corrected chi connectivity index (χ3v) is 4.41. The third-order valence-electron chi connectivity index (χ3n) is 4.41. The number of hydrogen-bond acceptors (Lipinski definition) is 8. The summed E-state index contributed by atoms with van der Waals surface area (Å²) in [5, 5.41) is 39.0. The SMILES string of the molecule is Cc1cn([C@@H]2O[C@H]([C@H](O)CO)[C@@]3(O)[C@@H]2O[C@@H]3CO)c(=O)[nH]c1=O. The van der Waals surface area contributed by atoms with Gasteiger partial charge in [0.25, 0.3) is 5.56 Å². The van der Waals surface area contributed by atoms with Crippen LogP contribution in [0.4, 0.5) is 0 Å². The van der Waals surface area contributed by atoms with E-state index in [9.17, 15) is 24.9 Å². The second kappa shape index (κ2) is 5.51. The number of hydrogen-bond donors (Lipinski definition) is 5. The molecule has 1 aromatic heterocycles. The normalized spacial score (nSPS) is 37.3. The number of aliphatic hydroxyl groups excluding tert-OH is 3. The van der Waals surface area contributed by atoms with E-state index in [0.29, 0.717) is 0 Å². The maximum atomic E-state index is 12.0. The lowest BCUT2D eigenvalue weighted by Gasteiger charge is -2.49. The van der Waals surface area contributed by atoms with Crippen molar-refractivity contribution in [3.8, 4) is 0 Å². The van der Waals surface area contributed by atoms with E-state index in [4.69, 9.17) is 14.6 Å². The van der Waals surface area contributed by atoms with Gasteiger partial charge in [-0.05, 0) is 6.92 Å². The van der Waals surface area contributed by atoms with Crippen LogP contribution >= 0.6 is 0 Å². The van der Waals surface area contributed by atoms with Gasteiger partial charge in [-0.15, -0.1) is 0 Å². The first-order valence-electron chi connectivity index (χ1n) is 7.09. The molecule has 0 radical (unpaired) electrons. The topological polar surface area (TPSA) is 154 Å². The second-order valence-corrected chi connectivity index (χ2v) is 5.79. The molecule has 3 rings (SSSR count). The molecule has 10 heteroatoms. The van der Waals surface area contributed by atoms with E-state index in [1.807, 2.05) is 0 Å². The summed E-state index contributed by atoms with van der Waals surface area (Å²) in [4.78, 5) is 25.5. The highest BCUT2D eigenvalue weighted by Crippen LogP contribution is 2.50. The van der Waals surface area contributed by atoms with Crippen LogP contribution in [0.5, 0.6) is 0 Å². The van der Waals surface area contributed by atoms with Crippen molar-refractivity contribution < 1.29 is 29.9 Å². The van der Waals surface area contributed by atoms with Gasteiger partial charge in [0, 0.05) is 11.8 Å². The predicted octanol–water partition coefficient (Wildman–Crippen LogP) is -3.41. The molecule has 6 atom stereocenters. The number of nitrogens with zero attached hydrogens (tertiary/aromatic N) is 1. The molecule has 0 saturated carbocycles. The zero-order valence-corrected chi connectivity index (χ0v) is 12.2. The van der Waals surface area contributed by atoms with Crippen molar-refractivity contribution in [1.82, 2.24) is 9.55 Å². The van der Waals surface area contributed by atoms with Crippen LogP contribution in [-0.4, -0.2) is 73.2 Å². The molecule has 0 unspecified atom stereocenters. The molecular weight excluding hydrogens is 312 g/mol. The lowest BCUT2D eigenvalue weighted by atomic mass is 9.79. The first kappa shape index (κ1) is 16.3. The minimum Gasteiger partial charge on any atom is -0.394 e. The van der Waals surface area contributed by atoms with Crippen molar-refractivity contribution in [2.75, 3.05) is 13.2 Å². The molecule has 0 amide bonds. The minimum absolute atomic E-state index is 0.251. The van der Waals surface area contributed by atoms with Crippen molar-refractivity contribution >= 4 is 0 Å². The standard InChI is InChI=1S/C13H18N2O8/c1-5-2-15(12(20)14-10(5)19)11-9-13(21,7(4-17)22-9)8(23-11)6(18)3-16/h2,6-9,11,16-18,21H,3-4H2,1H3,(H,14,19,20)/t6-,7-,8-,9-,11-,13-/m1/s1. The smallest absolute Gasteiger partial charge is 0.330 e. The molecule has 0 aliphatic carbocycles. The molecule has 128 valence electrons. The lowest BCUT2D eigenvalue weighted by molar-refractivity contribution is -0.302. The number of aliphatic hydroxyl groups is 4. The summed E-state index contributed by atoms with van der Waals surface area (Å²) in [5.41, 5.74) is -2.82. The molecule has 0 spiro atoms. The number of H-pyrrole nitrogens is 1. The Bertz CT molecular complexity index is 715. The van der Waals surface area contributed by atoms with Gasteiger partial charge in [0.05, 0.1) is 13.2 Å². The van der Waals surface area contributed by atoms with E-state index in [0.717, 1.165) is 4.57 Å². The Labute approximate surface area is 129 Å². The van der Waals surface area contributed by atoms with Crippen LogP contribution in [0.25, 0.3) is 0 Å². The molecule has 0 bridgehead atoms. The summed E-state index contributed by atoms with van der Waals surface area (Å²) in [6.45, 7) is 0.301. The van der Waals surface area contributed by atoms with Gasteiger partial charge in [-0.2, -0.15) is 0 Å². The van der Waals surface area contributed by atoms with Crippen LogP contribution < -0.4 is 11.2 Å². The average Bonchev–Trinajstić information content (AvgIpc) is 2.73. The van der Waals surface area contributed by atoms with Crippen molar-refractivity contribution in [3.63, 3.8) is 0 Å². The van der Waals surface area contributed by atoms with E-state index in [1.54, 1.807) is 0 Å². The molecule has 2 saturated heterocycles. The van der Waals surface area contributed by atoms with E-state index in [2.05, 4.69) is 4.98 Å². The van der Waals surface area contributed by atoms with Crippen LogP contribution in [0.1, 0.15) is 11.8 Å². The van der Waals surface area contributed by atoms with Gasteiger partial charge < -0.3 is 29.9 Å². The van der Waals surface area contributed by atoms with Crippen LogP contribution in [0.3, 0.4) is 0 Å². The molecule has 1 aromatic rings. The van der Waals surface area contributed by atoms with Crippen molar-refractivity contribution in [3.05, 3.63) is 32.6 Å². The maximum Gasteiger partial charge on any atom is 0.330 e. The minimum atomic E-state index is -1.76. The highest BCUT2D eigenvalue weighted by atomic mass is 16.7. The zero-order chi connectivity index (χ0) is 16.9. The number of aryl methyl sites for hydroxylation is 1. The van der Waals surface area contributed by atoms with Crippen molar-refractivity contribution in [1.29, 1.82) is 0 Å². The molecule has 3 heterocycles. The van der Waals surface area contributed by atoms with Crippen LogP contribution in [0.2, 0.25) is 0 Å². The first-order chi connectivity index (χ1) is 10.8. The fourth-order valence-electron chi connectivity index (χ4n) is 3.15. The molecule has 23 heavy (non-hydrogen) atoms. The van der Waals surface area contributed by atoms with Crippen molar-refractivity contribution in [2.45, 2.75) is 43.2 Å². The summed E-state index contributed by atoms with van der Waals surface area (Å²) in [6, 6.07) is 0. The number of rotatable bonds is 4. The van der Waals surface area contributed by atoms with E-state index in [-0.39, 0.29) is 5.56 Å². The molecule has 5 N–H and O–H groups in total. The van der Waals surface area contributed by atoms with Gasteiger partial charge in [-0.25, -0.2) is 4.79 Å². The Morgan fingerprint density at radius 3 is 2.70 bits per heavy atom. The predicted molar refractivity (Wildman–Crippen MR) is 73.8 cm³/mol. The Hall–Kier alpha value is -1.56. The van der Waals surface area contributed by atoms with Gasteiger partial charge in [-0.1, -0.05) is 0 Å². The number of ether oxygens (including phenoxy) is 2. The van der Waals surface area contributed by atoms with Gasteiger partial charge >= 0.3 is 5.69 Å².